The largest absolute Gasteiger partial charge is 0.372 e. The molecule has 2 fully saturated rings. The average Bonchev–Trinajstić information content (AvgIpc) is 3.72. The maximum atomic E-state index is 14.8. The van der Waals surface area contributed by atoms with E-state index in [1.54, 1.807) is 30.3 Å². The molecular weight excluding hydrogens is 452 g/mol. The third-order valence-electron chi connectivity index (χ3n) is 7.92. The Morgan fingerprint density at radius 3 is 2.29 bits per heavy atom. The minimum Gasteiger partial charge on any atom is -0.372 e. The van der Waals surface area contributed by atoms with Crippen LogP contribution in [0, 0.1) is 29.4 Å². The zero-order valence-electron chi connectivity index (χ0n) is 19.7. The molecule has 1 saturated carbocycles. The molecule has 0 bridgehead atoms. The molecule has 35 heavy (non-hydrogen) atoms. The number of hydrogen-bond acceptors (Lipinski definition) is 1. The van der Waals surface area contributed by atoms with Gasteiger partial charge < -0.3 is 4.74 Å². The first kappa shape index (κ1) is 24.1. The Kier molecular flexibility index (Phi) is 6.97. The zero-order valence-corrected chi connectivity index (χ0v) is 19.7. The molecule has 3 aliphatic rings. The molecule has 0 aromatic heterocycles. The molecule has 1 nitrogen and oxygen atoms in total. The Hall–Kier alpha value is -2.66. The number of rotatable bonds is 7. The highest BCUT2D eigenvalue weighted by Gasteiger charge is 2.40. The van der Waals surface area contributed by atoms with Crippen LogP contribution in [0.3, 0.4) is 0 Å². The van der Waals surface area contributed by atoms with Crippen molar-refractivity contribution < 1.29 is 22.3 Å². The summed E-state index contributed by atoms with van der Waals surface area (Å²) in [5.41, 5.74) is 2.70. The van der Waals surface area contributed by atoms with Gasteiger partial charge in [-0.05, 0) is 79.0 Å². The van der Waals surface area contributed by atoms with Gasteiger partial charge in [0.25, 0.3) is 0 Å². The van der Waals surface area contributed by atoms with Gasteiger partial charge in [-0.1, -0.05) is 55.1 Å². The number of benzene rings is 2. The quantitative estimate of drug-likeness (QED) is 0.285. The Morgan fingerprint density at radius 1 is 0.914 bits per heavy atom. The Balaban J connectivity index is 1.17. The van der Waals surface area contributed by atoms with Gasteiger partial charge in [0.2, 0.25) is 0 Å². The lowest BCUT2D eigenvalue weighted by Gasteiger charge is -2.31. The summed E-state index contributed by atoms with van der Waals surface area (Å²) in [6, 6.07) is 10.5. The predicted octanol–water partition coefficient (Wildman–Crippen LogP) is 8.51. The van der Waals surface area contributed by atoms with E-state index < -0.39 is 29.2 Å². The minimum atomic E-state index is -0.819. The number of halogens is 4. The molecule has 5 rings (SSSR count). The molecule has 2 unspecified atom stereocenters. The van der Waals surface area contributed by atoms with Crippen molar-refractivity contribution in [1.29, 1.82) is 0 Å². The summed E-state index contributed by atoms with van der Waals surface area (Å²) in [6.07, 6.45) is 8.44. The Bertz CT molecular complexity index is 1150. The second-order valence-corrected chi connectivity index (χ2v) is 10.0. The van der Waals surface area contributed by atoms with Crippen molar-refractivity contribution in [2.75, 3.05) is 6.61 Å². The fraction of sp³-hybridized carbons (Fsp3) is 0.400. The van der Waals surface area contributed by atoms with Crippen LogP contribution in [-0.4, -0.2) is 12.7 Å². The lowest BCUT2D eigenvalue weighted by molar-refractivity contribution is 0.273. The predicted molar refractivity (Wildman–Crippen MR) is 131 cm³/mol. The third kappa shape index (κ3) is 5.02. The monoisotopic (exact) mass is 482 g/mol. The Morgan fingerprint density at radius 2 is 1.63 bits per heavy atom. The molecule has 1 aliphatic heterocycles. The van der Waals surface area contributed by atoms with Crippen LogP contribution >= 0.6 is 0 Å². The minimum absolute atomic E-state index is 0.0269. The van der Waals surface area contributed by atoms with Crippen LogP contribution in [0.25, 0.3) is 17.2 Å². The maximum Gasteiger partial charge on any atom is 0.166 e. The molecule has 0 radical (unpaired) electrons. The first-order valence-corrected chi connectivity index (χ1v) is 12.5. The van der Waals surface area contributed by atoms with Gasteiger partial charge in [-0.25, -0.2) is 17.6 Å². The highest BCUT2D eigenvalue weighted by Crippen LogP contribution is 2.45. The van der Waals surface area contributed by atoms with Gasteiger partial charge in [-0.15, -0.1) is 0 Å². The molecule has 2 aliphatic carbocycles. The van der Waals surface area contributed by atoms with E-state index in [-0.39, 0.29) is 17.6 Å². The van der Waals surface area contributed by atoms with E-state index in [1.165, 1.54) is 0 Å². The second kappa shape index (κ2) is 10.1. The number of hydrogen-bond donors (Lipinski definition) is 0. The van der Waals surface area contributed by atoms with E-state index in [0.717, 1.165) is 37.7 Å². The van der Waals surface area contributed by atoms with Crippen molar-refractivity contribution in [2.45, 2.75) is 51.0 Å². The standard InChI is InChI=1S/C30H30F4O/c1-2-18-3-8-20(9-4-18)23-14-13-22(27(31)28(23)32)12-7-19-5-10-21(11-6-19)24-15-16-25(26-17-35-26)30(34)29(24)33/h2-4,8-9,13-15,19,21,25-26H,1,5-7,10-12,16-17H2. The van der Waals surface area contributed by atoms with Crippen molar-refractivity contribution in [3.63, 3.8) is 0 Å². The summed E-state index contributed by atoms with van der Waals surface area (Å²) in [5.74, 6) is -3.01. The molecule has 2 atom stereocenters. The first-order chi connectivity index (χ1) is 17.0. The molecule has 1 saturated heterocycles. The van der Waals surface area contributed by atoms with E-state index in [9.17, 15) is 17.6 Å². The average molecular weight is 483 g/mol. The fourth-order valence-corrected chi connectivity index (χ4v) is 5.62. The van der Waals surface area contributed by atoms with Crippen LogP contribution in [0.5, 0.6) is 0 Å². The van der Waals surface area contributed by atoms with E-state index in [0.29, 0.717) is 42.1 Å². The van der Waals surface area contributed by atoms with Crippen molar-refractivity contribution in [3.05, 3.63) is 89.0 Å². The maximum absolute atomic E-state index is 14.8. The lowest BCUT2D eigenvalue weighted by atomic mass is 9.74. The van der Waals surface area contributed by atoms with Crippen LogP contribution < -0.4 is 0 Å². The number of allylic oxidation sites excluding steroid dienone is 3. The summed E-state index contributed by atoms with van der Waals surface area (Å²) in [6.45, 7) is 4.22. The lowest BCUT2D eigenvalue weighted by Crippen LogP contribution is -2.21. The van der Waals surface area contributed by atoms with Crippen LogP contribution in [0.1, 0.15) is 49.7 Å². The van der Waals surface area contributed by atoms with Crippen molar-refractivity contribution in [2.24, 2.45) is 17.8 Å². The zero-order chi connectivity index (χ0) is 24.5. The molecule has 0 N–H and O–H groups in total. The topological polar surface area (TPSA) is 12.5 Å². The summed E-state index contributed by atoms with van der Waals surface area (Å²) in [7, 11) is 0. The summed E-state index contributed by atoms with van der Waals surface area (Å²) in [4.78, 5) is 0. The van der Waals surface area contributed by atoms with Gasteiger partial charge in [0.15, 0.2) is 17.5 Å². The third-order valence-corrected chi connectivity index (χ3v) is 7.92. The van der Waals surface area contributed by atoms with E-state index in [2.05, 4.69) is 6.58 Å². The van der Waals surface area contributed by atoms with Crippen molar-refractivity contribution in [1.82, 2.24) is 0 Å². The molecule has 5 heteroatoms. The second-order valence-electron chi connectivity index (χ2n) is 10.0. The number of epoxide rings is 1. The SMILES string of the molecule is C=Cc1ccc(-c2ccc(CCC3CCC(C4=CCC(C5CO5)C(F)=C4F)CC3)c(F)c2F)cc1. The van der Waals surface area contributed by atoms with Crippen LogP contribution in [0.15, 0.2) is 66.3 Å². The summed E-state index contributed by atoms with van der Waals surface area (Å²) >= 11 is 0. The first-order valence-electron chi connectivity index (χ1n) is 12.5. The van der Waals surface area contributed by atoms with E-state index in [1.807, 2.05) is 18.2 Å². The fourth-order valence-electron chi connectivity index (χ4n) is 5.62. The van der Waals surface area contributed by atoms with E-state index >= 15 is 0 Å². The van der Waals surface area contributed by atoms with Crippen LogP contribution in [0.4, 0.5) is 17.6 Å². The van der Waals surface area contributed by atoms with Gasteiger partial charge in [-0.2, -0.15) is 0 Å². The van der Waals surface area contributed by atoms with Crippen LogP contribution in [0.2, 0.25) is 0 Å². The molecule has 2 aromatic rings. The normalized spacial score (nSPS) is 26.5. The number of ether oxygens (including phenoxy) is 1. The van der Waals surface area contributed by atoms with Gasteiger partial charge in [0, 0.05) is 11.5 Å². The highest BCUT2D eigenvalue weighted by atomic mass is 19.2. The highest BCUT2D eigenvalue weighted by molar-refractivity contribution is 5.66. The van der Waals surface area contributed by atoms with E-state index in [4.69, 9.17) is 4.74 Å². The molecular formula is C30H30F4O. The molecule has 184 valence electrons. The smallest absolute Gasteiger partial charge is 0.166 e. The van der Waals surface area contributed by atoms with Gasteiger partial charge in [0.05, 0.1) is 12.7 Å². The molecule has 2 aromatic carbocycles. The summed E-state index contributed by atoms with van der Waals surface area (Å²) in [5, 5.41) is 0. The van der Waals surface area contributed by atoms with Gasteiger partial charge in [-0.3, -0.25) is 0 Å². The van der Waals surface area contributed by atoms with Crippen molar-refractivity contribution >= 4 is 6.08 Å². The van der Waals surface area contributed by atoms with Crippen LogP contribution in [-0.2, 0) is 11.2 Å². The van der Waals surface area contributed by atoms with Gasteiger partial charge in [0.1, 0.15) is 5.83 Å². The number of aryl methyl sites for hydroxylation is 1. The molecule has 0 amide bonds. The molecule has 1 heterocycles. The Labute approximate surface area is 204 Å². The van der Waals surface area contributed by atoms with Gasteiger partial charge >= 0.3 is 0 Å². The van der Waals surface area contributed by atoms with Crippen molar-refractivity contribution in [3.8, 4) is 11.1 Å². The summed E-state index contributed by atoms with van der Waals surface area (Å²) < 4.78 is 64.0. The molecule has 0 spiro atoms.